The molecule has 3 rings (SSSR count). The van der Waals surface area contributed by atoms with E-state index in [0.717, 1.165) is 22.3 Å². The van der Waals surface area contributed by atoms with Crippen LogP contribution in [0.5, 0.6) is 0 Å². The molecule has 1 aliphatic carbocycles. The zero-order valence-electron chi connectivity index (χ0n) is 14.4. The van der Waals surface area contributed by atoms with Gasteiger partial charge in [0.15, 0.2) is 5.78 Å². The van der Waals surface area contributed by atoms with Crippen molar-refractivity contribution in [3.05, 3.63) is 59.7 Å². The van der Waals surface area contributed by atoms with E-state index >= 15 is 0 Å². The molecular formula is C20H18ClNO5. The number of hydrogen-bond donors (Lipinski definition) is 2. The molecule has 6 nitrogen and oxygen atoms in total. The number of aliphatic carboxylic acids is 1. The number of carbonyl (C=O) groups excluding carboxylic acids is 2. The predicted molar refractivity (Wildman–Crippen MR) is 100.0 cm³/mol. The number of benzene rings is 2. The lowest BCUT2D eigenvalue weighted by molar-refractivity contribution is -0.139. The van der Waals surface area contributed by atoms with Crippen molar-refractivity contribution in [2.75, 3.05) is 12.5 Å². The molecule has 1 aliphatic rings. The van der Waals surface area contributed by atoms with Crippen LogP contribution in [0.1, 0.15) is 23.5 Å². The van der Waals surface area contributed by atoms with Crippen LogP contribution >= 0.6 is 11.6 Å². The minimum absolute atomic E-state index is 0.0781. The van der Waals surface area contributed by atoms with Crippen LogP contribution in [0, 0.1) is 0 Å². The Hall–Kier alpha value is -2.86. The van der Waals surface area contributed by atoms with Crippen molar-refractivity contribution >= 4 is 29.4 Å². The number of Topliss-reactive ketones (excluding diaryl/α,β-unsaturated/α-hetero) is 1. The highest BCUT2D eigenvalue weighted by atomic mass is 35.5. The molecule has 0 aromatic heterocycles. The average Bonchev–Trinajstić information content (AvgIpc) is 2.99. The lowest BCUT2D eigenvalue weighted by Crippen LogP contribution is -2.43. The SMILES string of the molecule is O=C(O)C[C@H](NC(=O)OCC1c2ccccc2-c2ccccc21)C(=O)CCl. The Labute approximate surface area is 161 Å². The van der Waals surface area contributed by atoms with Gasteiger partial charge >= 0.3 is 12.1 Å². The first-order valence-corrected chi connectivity index (χ1v) is 8.96. The van der Waals surface area contributed by atoms with Gasteiger partial charge < -0.3 is 15.2 Å². The summed E-state index contributed by atoms with van der Waals surface area (Å²) in [5.74, 6) is -2.29. The van der Waals surface area contributed by atoms with E-state index in [1.165, 1.54) is 0 Å². The lowest BCUT2D eigenvalue weighted by Gasteiger charge is -2.17. The molecule has 27 heavy (non-hydrogen) atoms. The van der Waals surface area contributed by atoms with Crippen LogP contribution in [-0.4, -0.2) is 41.5 Å². The highest BCUT2D eigenvalue weighted by molar-refractivity contribution is 6.28. The minimum atomic E-state index is -1.21. The third kappa shape index (κ3) is 4.11. The smallest absolute Gasteiger partial charge is 0.407 e. The Bertz CT molecular complexity index is 837. The van der Waals surface area contributed by atoms with Crippen LogP contribution in [0.2, 0.25) is 0 Å². The molecule has 7 heteroatoms. The maximum Gasteiger partial charge on any atom is 0.407 e. The number of fused-ring (bicyclic) bond motifs is 3. The summed E-state index contributed by atoms with van der Waals surface area (Å²) in [6.07, 6.45) is -1.39. The summed E-state index contributed by atoms with van der Waals surface area (Å²) in [5, 5.41) is 11.2. The summed E-state index contributed by atoms with van der Waals surface area (Å²) < 4.78 is 5.31. The van der Waals surface area contributed by atoms with Crippen molar-refractivity contribution in [3.63, 3.8) is 0 Å². The van der Waals surface area contributed by atoms with Crippen molar-refractivity contribution in [1.29, 1.82) is 0 Å². The summed E-state index contributed by atoms with van der Waals surface area (Å²) in [5.41, 5.74) is 4.32. The Morgan fingerprint density at radius 3 is 2.11 bits per heavy atom. The molecule has 0 radical (unpaired) electrons. The van der Waals surface area contributed by atoms with Crippen molar-refractivity contribution < 1.29 is 24.2 Å². The molecule has 2 aromatic rings. The van der Waals surface area contributed by atoms with E-state index in [4.69, 9.17) is 21.4 Å². The molecule has 0 unspecified atom stereocenters. The number of halogens is 1. The highest BCUT2D eigenvalue weighted by Crippen LogP contribution is 2.44. The van der Waals surface area contributed by atoms with E-state index < -0.39 is 30.3 Å². The number of alkyl carbamates (subject to hydrolysis) is 1. The predicted octanol–water partition coefficient (Wildman–Crippen LogP) is 3.18. The van der Waals surface area contributed by atoms with Crippen molar-refractivity contribution in [2.24, 2.45) is 0 Å². The van der Waals surface area contributed by atoms with Gasteiger partial charge in [-0.2, -0.15) is 0 Å². The number of hydrogen-bond acceptors (Lipinski definition) is 4. The number of carboxylic acid groups (broad SMARTS) is 1. The molecule has 140 valence electrons. The maximum absolute atomic E-state index is 12.1. The first-order valence-electron chi connectivity index (χ1n) is 8.43. The molecule has 0 aliphatic heterocycles. The number of nitrogens with one attached hydrogen (secondary N) is 1. The van der Waals surface area contributed by atoms with Gasteiger partial charge in [0.25, 0.3) is 0 Å². The van der Waals surface area contributed by atoms with E-state index in [1.807, 2.05) is 48.5 Å². The average molecular weight is 388 g/mol. The first-order chi connectivity index (χ1) is 13.0. The summed E-state index contributed by atoms with van der Waals surface area (Å²) >= 11 is 5.47. The van der Waals surface area contributed by atoms with E-state index in [9.17, 15) is 14.4 Å². The molecule has 1 amide bonds. The minimum Gasteiger partial charge on any atom is -0.481 e. The number of ketones is 1. The summed E-state index contributed by atoms with van der Waals surface area (Å²) in [6, 6.07) is 14.6. The molecule has 0 bridgehead atoms. The fourth-order valence-corrected chi connectivity index (χ4v) is 3.48. The van der Waals surface area contributed by atoms with Gasteiger partial charge in [-0.3, -0.25) is 9.59 Å². The van der Waals surface area contributed by atoms with Gasteiger partial charge in [-0.15, -0.1) is 11.6 Å². The molecule has 0 heterocycles. The summed E-state index contributed by atoms with van der Waals surface area (Å²) in [6.45, 7) is 0.0781. The molecule has 0 saturated heterocycles. The molecular weight excluding hydrogens is 370 g/mol. The normalized spacial score (nSPS) is 13.4. The van der Waals surface area contributed by atoms with E-state index in [2.05, 4.69) is 5.32 Å². The van der Waals surface area contributed by atoms with Crippen LogP contribution in [0.4, 0.5) is 4.79 Å². The van der Waals surface area contributed by atoms with Crippen LogP contribution in [0.15, 0.2) is 48.5 Å². The van der Waals surface area contributed by atoms with Crippen LogP contribution in [0.25, 0.3) is 11.1 Å². The molecule has 1 atom stereocenters. The number of rotatable bonds is 7. The van der Waals surface area contributed by atoms with Crippen LogP contribution in [-0.2, 0) is 14.3 Å². The third-order valence-corrected chi connectivity index (χ3v) is 4.80. The number of alkyl halides is 1. The quantitative estimate of drug-likeness (QED) is 0.712. The fourth-order valence-electron chi connectivity index (χ4n) is 3.30. The van der Waals surface area contributed by atoms with Gasteiger partial charge in [0.1, 0.15) is 12.6 Å². The van der Waals surface area contributed by atoms with Gasteiger partial charge in [-0.1, -0.05) is 48.5 Å². The molecule has 0 saturated carbocycles. The largest absolute Gasteiger partial charge is 0.481 e. The number of ether oxygens (including phenoxy) is 1. The van der Waals surface area contributed by atoms with Crippen molar-refractivity contribution in [3.8, 4) is 11.1 Å². The Morgan fingerprint density at radius 2 is 1.59 bits per heavy atom. The molecule has 0 fully saturated rings. The fraction of sp³-hybridized carbons (Fsp3) is 0.250. The molecule has 2 aromatic carbocycles. The first kappa shape index (κ1) is 18.9. The lowest BCUT2D eigenvalue weighted by atomic mass is 9.98. The number of amides is 1. The molecule has 2 N–H and O–H groups in total. The maximum atomic E-state index is 12.1. The van der Waals surface area contributed by atoms with E-state index in [0.29, 0.717) is 0 Å². The second-order valence-electron chi connectivity index (χ2n) is 6.22. The Kier molecular flexibility index (Phi) is 5.76. The third-order valence-electron chi connectivity index (χ3n) is 4.53. The van der Waals surface area contributed by atoms with Crippen LogP contribution < -0.4 is 5.32 Å². The Morgan fingerprint density at radius 1 is 1.04 bits per heavy atom. The zero-order valence-corrected chi connectivity index (χ0v) is 15.1. The second kappa shape index (κ2) is 8.22. The number of carboxylic acids is 1. The number of carbonyl (C=O) groups is 3. The topological polar surface area (TPSA) is 92.7 Å². The van der Waals surface area contributed by atoms with E-state index in [1.54, 1.807) is 0 Å². The van der Waals surface area contributed by atoms with Gasteiger partial charge in [0.2, 0.25) is 0 Å². The summed E-state index contributed by atoms with van der Waals surface area (Å²) in [4.78, 5) is 34.7. The van der Waals surface area contributed by atoms with Gasteiger partial charge in [0.05, 0.1) is 12.3 Å². The van der Waals surface area contributed by atoms with Gasteiger partial charge in [0, 0.05) is 5.92 Å². The Balaban J connectivity index is 1.70. The van der Waals surface area contributed by atoms with Crippen molar-refractivity contribution in [2.45, 2.75) is 18.4 Å². The zero-order chi connectivity index (χ0) is 19.4. The van der Waals surface area contributed by atoms with Crippen LogP contribution in [0.3, 0.4) is 0 Å². The van der Waals surface area contributed by atoms with Gasteiger partial charge in [-0.05, 0) is 22.3 Å². The second-order valence-corrected chi connectivity index (χ2v) is 6.49. The van der Waals surface area contributed by atoms with Gasteiger partial charge in [-0.25, -0.2) is 4.79 Å². The molecule has 0 spiro atoms. The summed E-state index contributed by atoms with van der Waals surface area (Å²) in [7, 11) is 0. The monoisotopic (exact) mass is 387 g/mol. The van der Waals surface area contributed by atoms with E-state index in [-0.39, 0.29) is 18.4 Å². The standard InChI is InChI=1S/C20H18ClNO5/c21-10-18(23)17(9-19(24)25)22-20(26)27-11-16-14-7-3-1-5-12(14)13-6-2-4-8-15(13)16/h1-8,16-17H,9-11H2,(H,22,26)(H,24,25)/t17-/m0/s1. The highest BCUT2D eigenvalue weighted by Gasteiger charge is 2.30. The van der Waals surface area contributed by atoms with Crippen molar-refractivity contribution in [1.82, 2.24) is 5.32 Å².